The number of aliphatic carboxylic acids is 1. The molecule has 0 heterocycles. The zero-order valence-corrected chi connectivity index (χ0v) is 8.02. The average Bonchev–Trinajstić information content (AvgIpc) is 2.99. The maximum atomic E-state index is 11.0. The minimum absolute atomic E-state index is 0.169. The second-order valence-corrected chi connectivity index (χ2v) is 3.97. The predicted molar refractivity (Wildman–Crippen MR) is 54.0 cm³/mol. The van der Waals surface area contributed by atoms with Crippen LogP contribution < -0.4 is 0 Å². The highest BCUT2D eigenvalue weighted by Crippen LogP contribution is 2.38. The van der Waals surface area contributed by atoms with E-state index in [1.54, 1.807) is 0 Å². The second-order valence-electron chi connectivity index (χ2n) is 3.97. The highest BCUT2D eigenvalue weighted by atomic mass is 16.4. The molecule has 0 bridgehead atoms. The predicted octanol–water partition coefficient (Wildman–Crippen LogP) is 2.34. The van der Waals surface area contributed by atoms with Gasteiger partial charge in [-0.05, 0) is 30.7 Å². The summed E-state index contributed by atoms with van der Waals surface area (Å²) in [5, 5.41) is 9.04. The molecule has 0 aromatic heterocycles. The summed E-state index contributed by atoms with van der Waals surface area (Å²) in [4.78, 5) is 11.0. The fourth-order valence-electron chi connectivity index (χ4n) is 1.82. The molecule has 1 aromatic rings. The fraction of sp³-hybridized carbons (Fsp3) is 0.417. The molecule has 1 aromatic carbocycles. The van der Waals surface area contributed by atoms with Gasteiger partial charge in [0.2, 0.25) is 0 Å². The number of rotatable bonds is 4. The molecule has 74 valence electrons. The van der Waals surface area contributed by atoms with Crippen molar-refractivity contribution in [3.8, 4) is 0 Å². The standard InChI is InChI=1S/C12H14O2/c13-12(14)11(10-6-7-10)8-9-4-2-1-3-5-9/h1-5,10-11H,6-8H2,(H,13,14)/t11-/m1/s1. The van der Waals surface area contributed by atoms with Gasteiger partial charge in [0.05, 0.1) is 5.92 Å². The Morgan fingerprint density at radius 1 is 1.36 bits per heavy atom. The Kier molecular flexibility index (Phi) is 2.53. The maximum Gasteiger partial charge on any atom is 0.307 e. The summed E-state index contributed by atoms with van der Waals surface area (Å²) in [6, 6.07) is 9.87. The Morgan fingerprint density at radius 2 is 2.00 bits per heavy atom. The van der Waals surface area contributed by atoms with E-state index >= 15 is 0 Å². The average molecular weight is 190 g/mol. The number of carboxylic acid groups (broad SMARTS) is 1. The van der Waals surface area contributed by atoms with Crippen molar-refractivity contribution in [1.29, 1.82) is 0 Å². The molecule has 0 spiro atoms. The molecule has 0 amide bonds. The third-order valence-electron chi connectivity index (χ3n) is 2.81. The first-order chi connectivity index (χ1) is 6.77. The van der Waals surface area contributed by atoms with Crippen LogP contribution in [0.2, 0.25) is 0 Å². The lowest BCUT2D eigenvalue weighted by molar-refractivity contribution is -0.142. The third kappa shape index (κ3) is 2.13. The van der Waals surface area contributed by atoms with Crippen LogP contribution in [0.25, 0.3) is 0 Å². The normalized spacial score (nSPS) is 17.7. The molecule has 0 radical (unpaired) electrons. The summed E-state index contributed by atoms with van der Waals surface area (Å²) >= 11 is 0. The van der Waals surface area contributed by atoms with E-state index in [4.69, 9.17) is 5.11 Å². The van der Waals surface area contributed by atoms with Crippen molar-refractivity contribution in [2.75, 3.05) is 0 Å². The molecular formula is C12H14O2. The highest BCUT2D eigenvalue weighted by Gasteiger charge is 2.35. The van der Waals surface area contributed by atoms with Gasteiger partial charge in [-0.25, -0.2) is 0 Å². The first-order valence-electron chi connectivity index (χ1n) is 5.04. The molecule has 1 aliphatic rings. The van der Waals surface area contributed by atoms with Gasteiger partial charge in [0.1, 0.15) is 0 Å². The molecular weight excluding hydrogens is 176 g/mol. The first-order valence-corrected chi connectivity index (χ1v) is 5.04. The molecule has 14 heavy (non-hydrogen) atoms. The van der Waals surface area contributed by atoms with Gasteiger partial charge in [0, 0.05) is 0 Å². The minimum atomic E-state index is -0.642. The second kappa shape index (κ2) is 3.82. The van der Waals surface area contributed by atoms with Crippen LogP contribution in [0.15, 0.2) is 30.3 Å². The van der Waals surface area contributed by atoms with Crippen molar-refractivity contribution in [2.45, 2.75) is 19.3 Å². The molecule has 1 N–H and O–H groups in total. The Bertz CT molecular complexity index is 314. The fourth-order valence-corrected chi connectivity index (χ4v) is 1.82. The van der Waals surface area contributed by atoms with E-state index in [9.17, 15) is 4.79 Å². The van der Waals surface area contributed by atoms with Crippen LogP contribution in [0.1, 0.15) is 18.4 Å². The largest absolute Gasteiger partial charge is 0.481 e. The van der Waals surface area contributed by atoms with Gasteiger partial charge in [-0.15, -0.1) is 0 Å². The lowest BCUT2D eigenvalue weighted by atomic mass is 9.95. The van der Waals surface area contributed by atoms with Crippen LogP contribution in [0.3, 0.4) is 0 Å². The van der Waals surface area contributed by atoms with E-state index in [1.807, 2.05) is 30.3 Å². The molecule has 0 saturated heterocycles. The van der Waals surface area contributed by atoms with Crippen molar-refractivity contribution >= 4 is 5.97 Å². The Balaban J connectivity index is 2.04. The SMILES string of the molecule is O=C(O)[C@H](Cc1ccccc1)C1CC1. The molecule has 2 nitrogen and oxygen atoms in total. The topological polar surface area (TPSA) is 37.3 Å². The van der Waals surface area contributed by atoms with Crippen LogP contribution in [0, 0.1) is 11.8 Å². The molecule has 1 fully saturated rings. The number of carbonyl (C=O) groups is 1. The molecule has 2 rings (SSSR count). The Labute approximate surface area is 83.6 Å². The minimum Gasteiger partial charge on any atom is -0.481 e. The summed E-state index contributed by atoms with van der Waals surface area (Å²) in [6.45, 7) is 0. The van der Waals surface area contributed by atoms with Crippen LogP contribution in [0.4, 0.5) is 0 Å². The summed E-state index contributed by atoms with van der Waals surface area (Å²) < 4.78 is 0. The summed E-state index contributed by atoms with van der Waals surface area (Å²) in [6.07, 6.45) is 2.86. The number of hydrogen-bond donors (Lipinski definition) is 1. The smallest absolute Gasteiger partial charge is 0.307 e. The molecule has 1 aliphatic carbocycles. The van der Waals surface area contributed by atoms with Crippen molar-refractivity contribution in [3.63, 3.8) is 0 Å². The summed E-state index contributed by atoms with van der Waals surface area (Å²) in [7, 11) is 0. The highest BCUT2D eigenvalue weighted by molar-refractivity contribution is 5.71. The Morgan fingerprint density at radius 3 is 2.50 bits per heavy atom. The van der Waals surface area contributed by atoms with Crippen LogP contribution >= 0.6 is 0 Å². The van der Waals surface area contributed by atoms with E-state index in [2.05, 4.69) is 0 Å². The van der Waals surface area contributed by atoms with Crippen LogP contribution in [0.5, 0.6) is 0 Å². The van der Waals surface area contributed by atoms with Crippen molar-refractivity contribution in [1.82, 2.24) is 0 Å². The van der Waals surface area contributed by atoms with Crippen molar-refractivity contribution in [3.05, 3.63) is 35.9 Å². The lowest BCUT2D eigenvalue weighted by Gasteiger charge is -2.10. The molecule has 0 unspecified atom stereocenters. The van der Waals surface area contributed by atoms with E-state index < -0.39 is 5.97 Å². The number of hydrogen-bond acceptors (Lipinski definition) is 1. The molecule has 0 aliphatic heterocycles. The van der Waals surface area contributed by atoms with E-state index in [0.717, 1.165) is 18.4 Å². The van der Waals surface area contributed by atoms with E-state index in [1.165, 1.54) is 0 Å². The van der Waals surface area contributed by atoms with Gasteiger partial charge in [-0.1, -0.05) is 30.3 Å². The number of benzene rings is 1. The van der Waals surface area contributed by atoms with Gasteiger partial charge >= 0.3 is 5.97 Å². The summed E-state index contributed by atoms with van der Waals surface area (Å²) in [5.41, 5.74) is 1.13. The molecule has 2 heteroatoms. The number of carboxylic acids is 1. The van der Waals surface area contributed by atoms with Crippen molar-refractivity contribution < 1.29 is 9.90 Å². The van der Waals surface area contributed by atoms with Gasteiger partial charge in [-0.2, -0.15) is 0 Å². The van der Waals surface area contributed by atoms with Crippen molar-refractivity contribution in [2.24, 2.45) is 11.8 Å². The monoisotopic (exact) mass is 190 g/mol. The molecule has 1 saturated carbocycles. The van der Waals surface area contributed by atoms with Gasteiger partial charge < -0.3 is 5.11 Å². The van der Waals surface area contributed by atoms with Crippen LogP contribution in [-0.2, 0) is 11.2 Å². The van der Waals surface area contributed by atoms with Crippen LogP contribution in [-0.4, -0.2) is 11.1 Å². The maximum absolute atomic E-state index is 11.0. The molecule has 1 atom stereocenters. The first kappa shape index (κ1) is 9.25. The third-order valence-corrected chi connectivity index (χ3v) is 2.81. The Hall–Kier alpha value is -1.31. The summed E-state index contributed by atoms with van der Waals surface area (Å²) in [5.74, 6) is -0.388. The zero-order chi connectivity index (χ0) is 9.97. The lowest BCUT2D eigenvalue weighted by Crippen LogP contribution is -2.18. The quantitative estimate of drug-likeness (QED) is 0.791. The van der Waals surface area contributed by atoms with Gasteiger partial charge in [0.15, 0.2) is 0 Å². The zero-order valence-electron chi connectivity index (χ0n) is 8.02. The van der Waals surface area contributed by atoms with E-state index in [0.29, 0.717) is 12.3 Å². The van der Waals surface area contributed by atoms with Gasteiger partial charge in [-0.3, -0.25) is 4.79 Å². The van der Waals surface area contributed by atoms with Gasteiger partial charge in [0.25, 0.3) is 0 Å². The van der Waals surface area contributed by atoms with E-state index in [-0.39, 0.29) is 5.92 Å².